The second kappa shape index (κ2) is 8.75. The highest BCUT2D eigenvalue weighted by Gasteiger charge is 2.15. The average molecular weight is 477 g/mol. The molecule has 1 atom stereocenters. The Morgan fingerprint density at radius 3 is 2.35 bits per heavy atom. The first-order chi connectivity index (χ1) is 16.4. The molecule has 1 unspecified atom stereocenters. The Morgan fingerprint density at radius 1 is 0.882 bits per heavy atom. The molecule has 9 heteroatoms. The maximum Gasteiger partial charge on any atom is 0.181 e. The average Bonchev–Trinajstić information content (AvgIpc) is 3.32. The lowest BCUT2D eigenvalue weighted by Gasteiger charge is -2.14. The highest BCUT2D eigenvalue weighted by Crippen LogP contribution is 2.34. The monoisotopic (exact) mass is 476 g/mol. The minimum absolute atomic E-state index is 0.367. The van der Waals surface area contributed by atoms with Crippen LogP contribution in [0, 0.1) is 25.5 Å². The second-order valence-corrected chi connectivity index (χ2v) is 9.01. The van der Waals surface area contributed by atoms with Crippen molar-refractivity contribution < 1.29 is 17.5 Å². The van der Waals surface area contributed by atoms with E-state index in [4.69, 9.17) is 4.52 Å². The molecular weight excluding hydrogens is 458 g/mol. The van der Waals surface area contributed by atoms with Gasteiger partial charge in [0.2, 0.25) is 0 Å². The van der Waals surface area contributed by atoms with Crippen molar-refractivity contribution in [3.8, 4) is 22.4 Å². The van der Waals surface area contributed by atoms with E-state index in [1.54, 1.807) is 18.2 Å². The van der Waals surface area contributed by atoms with Gasteiger partial charge < -0.3 is 4.52 Å². The smallest absolute Gasteiger partial charge is 0.181 e. The maximum absolute atomic E-state index is 13.8. The van der Waals surface area contributed by atoms with Gasteiger partial charge in [-0.2, -0.15) is 0 Å². The van der Waals surface area contributed by atoms with Gasteiger partial charge in [0.05, 0.1) is 16.1 Å². The lowest BCUT2D eigenvalue weighted by molar-refractivity contribution is 0.423. The number of anilines is 1. The summed E-state index contributed by atoms with van der Waals surface area (Å²) in [7, 11) is -1.55. The zero-order valence-electron chi connectivity index (χ0n) is 18.2. The van der Waals surface area contributed by atoms with Gasteiger partial charge in [-0.15, -0.1) is 0 Å². The minimum atomic E-state index is -1.55. The summed E-state index contributed by atoms with van der Waals surface area (Å²) in [5.74, 6) is -0.875. The van der Waals surface area contributed by atoms with Crippen molar-refractivity contribution in [2.24, 2.45) is 0 Å². The fourth-order valence-electron chi connectivity index (χ4n) is 3.88. The third kappa shape index (κ3) is 4.17. The number of nitrogens with one attached hydrogen (secondary N) is 1. The number of nitrogens with zero attached hydrogens (tertiary/aromatic N) is 3. The summed E-state index contributed by atoms with van der Waals surface area (Å²) in [6, 6.07) is 14.2. The Kier molecular flexibility index (Phi) is 5.62. The van der Waals surface area contributed by atoms with E-state index in [2.05, 4.69) is 19.8 Å². The molecule has 0 amide bonds. The molecule has 5 rings (SSSR count). The van der Waals surface area contributed by atoms with Crippen LogP contribution in [0.4, 0.5) is 14.6 Å². The van der Waals surface area contributed by atoms with Crippen LogP contribution in [0.3, 0.4) is 0 Å². The van der Waals surface area contributed by atoms with E-state index in [1.165, 1.54) is 24.7 Å². The molecule has 2 heterocycles. The predicted molar refractivity (Wildman–Crippen MR) is 126 cm³/mol. The van der Waals surface area contributed by atoms with E-state index < -0.39 is 22.6 Å². The number of fused-ring (bicyclic) bond motifs is 1. The summed E-state index contributed by atoms with van der Waals surface area (Å²) in [4.78, 5) is 9.38. The van der Waals surface area contributed by atoms with E-state index in [1.807, 2.05) is 32.0 Å². The molecule has 0 radical (unpaired) electrons. The van der Waals surface area contributed by atoms with Crippen molar-refractivity contribution >= 4 is 27.7 Å². The quantitative estimate of drug-likeness (QED) is 0.337. The molecule has 0 aliphatic rings. The summed E-state index contributed by atoms with van der Waals surface area (Å²) in [6.07, 6.45) is 2.85. The largest absolute Gasteiger partial charge is 0.363 e. The molecule has 0 saturated carbocycles. The molecule has 2 aromatic heterocycles. The van der Waals surface area contributed by atoms with Crippen LogP contribution in [0.2, 0.25) is 0 Å². The van der Waals surface area contributed by atoms with Crippen LogP contribution in [-0.2, 0) is 11.0 Å². The highest BCUT2D eigenvalue weighted by molar-refractivity contribution is 7.86. The van der Waals surface area contributed by atoms with Crippen molar-refractivity contribution in [2.45, 2.75) is 18.7 Å². The van der Waals surface area contributed by atoms with E-state index >= 15 is 0 Å². The number of hydrogen-bond donors (Lipinski definition) is 1. The zero-order valence-corrected chi connectivity index (χ0v) is 19.0. The lowest BCUT2D eigenvalue weighted by Crippen LogP contribution is -2.05. The Hall–Kier alpha value is -3.98. The van der Waals surface area contributed by atoms with Gasteiger partial charge in [0, 0.05) is 23.1 Å². The van der Waals surface area contributed by atoms with Crippen molar-refractivity contribution in [1.29, 1.82) is 0 Å². The summed E-state index contributed by atoms with van der Waals surface area (Å²) in [5, 5.41) is 4.50. The van der Waals surface area contributed by atoms with Gasteiger partial charge in [0.25, 0.3) is 0 Å². The zero-order chi connectivity index (χ0) is 23.8. The third-order valence-electron chi connectivity index (χ3n) is 5.46. The maximum atomic E-state index is 13.8. The molecule has 0 saturated heterocycles. The summed E-state index contributed by atoms with van der Waals surface area (Å²) >= 11 is 0. The van der Waals surface area contributed by atoms with E-state index in [0.29, 0.717) is 27.5 Å². The number of rotatable bonds is 5. The topological polar surface area (TPSA) is 80.9 Å². The number of aromatic nitrogens is 3. The van der Waals surface area contributed by atoms with Crippen LogP contribution in [0.15, 0.2) is 76.6 Å². The van der Waals surface area contributed by atoms with Crippen LogP contribution in [0.5, 0.6) is 0 Å². The molecule has 0 bridgehead atoms. The van der Waals surface area contributed by atoms with Gasteiger partial charge in [0.1, 0.15) is 24.2 Å². The Bertz CT molecular complexity index is 1530. The van der Waals surface area contributed by atoms with Gasteiger partial charge in [-0.3, -0.25) is 4.72 Å². The van der Waals surface area contributed by atoms with Crippen LogP contribution in [-0.4, -0.2) is 19.3 Å². The lowest BCUT2D eigenvalue weighted by atomic mass is 9.92. The van der Waals surface area contributed by atoms with Crippen molar-refractivity contribution in [3.05, 3.63) is 89.9 Å². The van der Waals surface area contributed by atoms with Gasteiger partial charge in [-0.1, -0.05) is 11.2 Å². The van der Waals surface area contributed by atoms with Gasteiger partial charge in [-0.25, -0.2) is 23.0 Å². The Balaban J connectivity index is 1.55. The van der Waals surface area contributed by atoms with Crippen molar-refractivity contribution in [3.63, 3.8) is 0 Å². The first-order valence-electron chi connectivity index (χ1n) is 10.3. The molecule has 170 valence electrons. The molecule has 34 heavy (non-hydrogen) atoms. The highest BCUT2D eigenvalue weighted by atomic mass is 32.2. The van der Waals surface area contributed by atoms with Crippen molar-refractivity contribution in [1.82, 2.24) is 15.1 Å². The van der Waals surface area contributed by atoms with E-state index in [-0.39, 0.29) is 0 Å². The number of benzene rings is 3. The summed E-state index contributed by atoms with van der Waals surface area (Å²) in [6.45, 7) is 3.81. The number of hydrogen-bond acceptors (Lipinski definition) is 5. The summed E-state index contributed by atoms with van der Waals surface area (Å²) in [5.41, 5.74) is 5.19. The van der Waals surface area contributed by atoms with Crippen LogP contribution >= 0.6 is 0 Å². The number of halogens is 2. The first kappa shape index (κ1) is 21.8. The van der Waals surface area contributed by atoms with Crippen LogP contribution in [0.25, 0.3) is 33.3 Å². The fraction of sp³-hybridized carbons (Fsp3) is 0.0800. The second-order valence-electron chi connectivity index (χ2n) is 7.80. The summed E-state index contributed by atoms with van der Waals surface area (Å²) < 4.78 is 47.7. The molecule has 6 nitrogen and oxygen atoms in total. The number of aryl methyl sites for hydroxylation is 2. The Morgan fingerprint density at radius 2 is 1.62 bits per heavy atom. The molecule has 5 aromatic rings. The SMILES string of the molecule is Cc1cc(-c2ncnc3cc(S(=O)Nc4ccon4)ccc23)c(C)cc1-c1cc(F)cc(F)c1. The minimum Gasteiger partial charge on any atom is -0.363 e. The molecule has 1 N–H and O–H groups in total. The van der Waals surface area contributed by atoms with E-state index in [9.17, 15) is 13.0 Å². The molecular formula is C25H18F2N4O2S. The van der Waals surface area contributed by atoms with E-state index in [0.717, 1.165) is 33.7 Å². The first-order valence-corrected chi connectivity index (χ1v) is 11.5. The van der Waals surface area contributed by atoms with Crippen LogP contribution in [0.1, 0.15) is 11.1 Å². The van der Waals surface area contributed by atoms with Crippen LogP contribution < -0.4 is 4.72 Å². The normalized spacial score (nSPS) is 12.1. The van der Waals surface area contributed by atoms with Gasteiger partial charge in [0.15, 0.2) is 16.8 Å². The molecule has 0 aliphatic heterocycles. The van der Waals surface area contributed by atoms with Gasteiger partial charge in [-0.05, 0) is 72.5 Å². The molecule has 0 aliphatic carbocycles. The standard InChI is InChI=1S/C25H18F2N4O2S/c1-14-8-22(15(2)7-21(14)16-9-17(26)11-18(27)10-16)25-20-4-3-19(12-23(20)28-13-29-25)34(32)31-24-5-6-33-30-24/h3-13H,1-2H3,(H,30,31). The fourth-order valence-corrected chi connectivity index (χ4v) is 4.70. The van der Waals surface area contributed by atoms with Gasteiger partial charge >= 0.3 is 0 Å². The van der Waals surface area contributed by atoms with Crippen molar-refractivity contribution in [2.75, 3.05) is 4.72 Å². The predicted octanol–water partition coefficient (Wildman–Crippen LogP) is 5.98. The third-order valence-corrected chi connectivity index (χ3v) is 6.53. The molecule has 3 aromatic carbocycles. The molecule has 0 spiro atoms. The Labute approximate surface area is 196 Å². The molecule has 0 fully saturated rings.